The van der Waals surface area contributed by atoms with Crippen LogP contribution in [0.15, 0.2) is 30.9 Å². The SMILES string of the molecule is O=C(O)CC[n+]1ccc(-c2ncc(Cl)cn2)cn1. The number of aromatic nitrogens is 4. The maximum absolute atomic E-state index is 10.4. The highest BCUT2D eigenvalue weighted by atomic mass is 35.5. The van der Waals surface area contributed by atoms with Crippen molar-refractivity contribution in [2.24, 2.45) is 0 Å². The largest absolute Gasteiger partial charge is 0.481 e. The van der Waals surface area contributed by atoms with Gasteiger partial charge in [0.1, 0.15) is 12.6 Å². The molecule has 6 nitrogen and oxygen atoms in total. The van der Waals surface area contributed by atoms with Crippen LogP contribution in [0.4, 0.5) is 0 Å². The molecule has 18 heavy (non-hydrogen) atoms. The smallest absolute Gasteiger partial charge is 0.309 e. The Morgan fingerprint density at radius 3 is 2.61 bits per heavy atom. The van der Waals surface area contributed by atoms with Gasteiger partial charge in [-0.15, -0.1) is 0 Å². The fourth-order valence-corrected chi connectivity index (χ4v) is 1.42. The number of nitrogens with zero attached hydrogens (tertiary/aromatic N) is 4. The molecule has 0 amide bonds. The predicted octanol–water partition coefficient (Wildman–Crippen LogP) is 0.954. The normalized spacial score (nSPS) is 10.3. The molecule has 2 aromatic heterocycles. The predicted molar refractivity (Wildman–Crippen MR) is 62.7 cm³/mol. The van der Waals surface area contributed by atoms with E-state index in [-0.39, 0.29) is 6.42 Å². The Hall–Kier alpha value is -2.08. The molecule has 0 saturated heterocycles. The molecule has 0 spiro atoms. The second-order valence-corrected chi connectivity index (χ2v) is 3.98. The van der Waals surface area contributed by atoms with Gasteiger partial charge in [-0.25, -0.2) is 9.97 Å². The zero-order chi connectivity index (χ0) is 13.0. The maximum atomic E-state index is 10.4. The highest BCUT2D eigenvalue weighted by Gasteiger charge is 2.08. The average Bonchev–Trinajstić information content (AvgIpc) is 2.38. The molecule has 0 atom stereocenters. The van der Waals surface area contributed by atoms with Crippen molar-refractivity contribution in [2.75, 3.05) is 0 Å². The van der Waals surface area contributed by atoms with Crippen LogP contribution in [0.1, 0.15) is 6.42 Å². The molecule has 92 valence electrons. The summed E-state index contributed by atoms with van der Waals surface area (Å²) in [5.74, 6) is -0.327. The van der Waals surface area contributed by atoms with Crippen LogP contribution in [0, 0.1) is 0 Å². The number of halogens is 1. The number of rotatable bonds is 4. The Morgan fingerprint density at radius 2 is 2.06 bits per heavy atom. The number of carboxylic acids is 1. The molecule has 2 heterocycles. The van der Waals surface area contributed by atoms with Gasteiger partial charge in [-0.05, 0) is 5.10 Å². The second-order valence-electron chi connectivity index (χ2n) is 3.55. The lowest BCUT2D eigenvalue weighted by Gasteiger charge is -1.97. The third kappa shape index (κ3) is 3.21. The molecule has 0 aromatic carbocycles. The van der Waals surface area contributed by atoms with Crippen molar-refractivity contribution >= 4 is 17.6 Å². The van der Waals surface area contributed by atoms with E-state index in [9.17, 15) is 4.79 Å². The van der Waals surface area contributed by atoms with Gasteiger partial charge in [0.2, 0.25) is 0 Å². The summed E-state index contributed by atoms with van der Waals surface area (Å²) in [5, 5.41) is 13.1. The molecule has 0 saturated carbocycles. The number of aliphatic carboxylic acids is 1. The van der Waals surface area contributed by atoms with Crippen LogP contribution in [0.3, 0.4) is 0 Å². The van der Waals surface area contributed by atoms with Gasteiger partial charge >= 0.3 is 5.97 Å². The number of carbonyl (C=O) groups is 1. The highest BCUT2D eigenvalue weighted by Crippen LogP contribution is 2.12. The van der Waals surface area contributed by atoms with Gasteiger partial charge in [0.25, 0.3) is 0 Å². The minimum absolute atomic E-state index is 0.0362. The Kier molecular flexibility index (Phi) is 3.78. The minimum Gasteiger partial charge on any atom is -0.481 e. The van der Waals surface area contributed by atoms with E-state index in [4.69, 9.17) is 16.7 Å². The Bertz CT molecular complexity index is 542. The lowest BCUT2D eigenvalue weighted by Crippen LogP contribution is -2.38. The van der Waals surface area contributed by atoms with E-state index in [1.807, 2.05) is 0 Å². The van der Waals surface area contributed by atoms with Crippen molar-refractivity contribution in [3.8, 4) is 11.4 Å². The van der Waals surface area contributed by atoms with Crippen molar-refractivity contribution in [1.82, 2.24) is 15.1 Å². The lowest BCUT2D eigenvalue weighted by molar-refractivity contribution is -0.752. The first-order chi connectivity index (χ1) is 8.65. The number of hydrogen-bond acceptors (Lipinski definition) is 4. The molecule has 0 radical (unpaired) electrons. The summed E-state index contributed by atoms with van der Waals surface area (Å²) in [4.78, 5) is 18.6. The van der Waals surface area contributed by atoms with Crippen LogP contribution in [-0.2, 0) is 11.3 Å². The lowest BCUT2D eigenvalue weighted by atomic mass is 10.3. The molecule has 2 rings (SSSR count). The van der Waals surface area contributed by atoms with Gasteiger partial charge in [0.05, 0.1) is 5.02 Å². The van der Waals surface area contributed by atoms with Crippen LogP contribution >= 0.6 is 11.6 Å². The van der Waals surface area contributed by atoms with Gasteiger partial charge in [0, 0.05) is 24.0 Å². The fraction of sp³-hybridized carbons (Fsp3) is 0.182. The van der Waals surface area contributed by atoms with Crippen molar-refractivity contribution < 1.29 is 14.6 Å². The van der Waals surface area contributed by atoms with Gasteiger partial charge in [0.15, 0.2) is 18.6 Å². The van der Waals surface area contributed by atoms with E-state index in [1.54, 1.807) is 23.1 Å². The molecular weight excluding hydrogens is 256 g/mol. The summed E-state index contributed by atoms with van der Waals surface area (Å²) < 4.78 is 1.55. The molecule has 1 N–H and O–H groups in total. The van der Waals surface area contributed by atoms with Crippen LogP contribution in [0.25, 0.3) is 11.4 Å². The first kappa shape index (κ1) is 12.4. The molecule has 0 aliphatic heterocycles. The first-order valence-corrected chi connectivity index (χ1v) is 5.58. The molecule has 0 aliphatic carbocycles. The van der Waals surface area contributed by atoms with Gasteiger partial charge in [-0.3, -0.25) is 4.79 Å². The van der Waals surface area contributed by atoms with Crippen LogP contribution in [0.5, 0.6) is 0 Å². The summed E-state index contributed by atoms with van der Waals surface area (Å²) in [6.07, 6.45) is 6.33. The second kappa shape index (κ2) is 5.50. The van der Waals surface area contributed by atoms with Gasteiger partial charge < -0.3 is 5.11 Å². The van der Waals surface area contributed by atoms with Crippen molar-refractivity contribution in [1.29, 1.82) is 0 Å². The number of aryl methyl sites for hydroxylation is 1. The van der Waals surface area contributed by atoms with Crippen LogP contribution < -0.4 is 4.68 Å². The summed E-state index contributed by atoms with van der Waals surface area (Å²) in [5.41, 5.74) is 0.748. The van der Waals surface area contributed by atoms with E-state index in [0.717, 1.165) is 5.56 Å². The topological polar surface area (TPSA) is 79.9 Å². The number of hydrogen-bond donors (Lipinski definition) is 1. The van der Waals surface area contributed by atoms with Crippen molar-refractivity contribution in [2.45, 2.75) is 13.0 Å². The standard InChI is InChI=1S/C11H9ClN4O2/c12-9-6-13-11(14-7-9)8-1-3-16(15-5-8)4-2-10(17)18/h1,3,5-7H,2,4H2/p+1. The highest BCUT2D eigenvalue weighted by molar-refractivity contribution is 6.30. The zero-order valence-electron chi connectivity index (χ0n) is 9.32. The third-order valence-corrected chi connectivity index (χ3v) is 2.40. The quantitative estimate of drug-likeness (QED) is 0.833. The van der Waals surface area contributed by atoms with Crippen LogP contribution in [-0.4, -0.2) is 26.1 Å². The maximum Gasteiger partial charge on any atom is 0.309 e. The summed E-state index contributed by atoms with van der Waals surface area (Å²) >= 11 is 5.69. The third-order valence-electron chi connectivity index (χ3n) is 2.20. The molecule has 0 fully saturated rings. The van der Waals surface area contributed by atoms with Crippen molar-refractivity contribution in [3.05, 3.63) is 35.9 Å². The number of carboxylic acid groups (broad SMARTS) is 1. The molecule has 0 unspecified atom stereocenters. The van der Waals surface area contributed by atoms with Gasteiger partial charge in [-0.1, -0.05) is 16.3 Å². The summed E-state index contributed by atoms with van der Waals surface area (Å²) in [7, 11) is 0. The molecule has 2 aromatic rings. The summed E-state index contributed by atoms with van der Waals surface area (Å²) in [6.45, 7) is 0.330. The van der Waals surface area contributed by atoms with E-state index in [0.29, 0.717) is 17.4 Å². The van der Waals surface area contributed by atoms with E-state index in [2.05, 4.69) is 15.1 Å². The molecule has 7 heteroatoms. The molecule has 0 aliphatic rings. The Morgan fingerprint density at radius 1 is 1.33 bits per heavy atom. The minimum atomic E-state index is -0.852. The van der Waals surface area contributed by atoms with Gasteiger partial charge in [-0.2, -0.15) is 0 Å². The van der Waals surface area contributed by atoms with E-state index in [1.165, 1.54) is 12.4 Å². The van der Waals surface area contributed by atoms with E-state index >= 15 is 0 Å². The Labute approximate surface area is 108 Å². The van der Waals surface area contributed by atoms with Crippen LogP contribution in [0.2, 0.25) is 5.02 Å². The molecule has 0 bridgehead atoms. The average molecular weight is 266 g/mol. The monoisotopic (exact) mass is 265 g/mol. The Balaban J connectivity index is 2.12. The molecular formula is C11H10ClN4O2+. The van der Waals surface area contributed by atoms with E-state index < -0.39 is 5.97 Å². The summed E-state index contributed by atoms with van der Waals surface area (Å²) in [6, 6.07) is 1.78. The fourth-order valence-electron chi connectivity index (χ4n) is 1.32. The first-order valence-electron chi connectivity index (χ1n) is 5.20. The van der Waals surface area contributed by atoms with Crippen molar-refractivity contribution in [3.63, 3.8) is 0 Å². The zero-order valence-corrected chi connectivity index (χ0v) is 10.1.